The second kappa shape index (κ2) is 7.86. The standard InChI is InChI=1S/C14H23ClN2O2S/c1-3-5-7-11(4-2)10-17-20(18,19)14-12(15)8-6-9-13(14)16/h6,8-9,11,17H,3-5,7,10,16H2,1-2H3. The van der Waals surface area contributed by atoms with Crippen LogP contribution < -0.4 is 10.5 Å². The van der Waals surface area contributed by atoms with Crippen molar-refractivity contribution in [3.8, 4) is 0 Å². The summed E-state index contributed by atoms with van der Waals surface area (Å²) >= 11 is 5.95. The third-order valence-corrected chi connectivity index (χ3v) is 5.34. The largest absolute Gasteiger partial charge is 0.398 e. The maximum atomic E-state index is 12.3. The highest BCUT2D eigenvalue weighted by atomic mass is 35.5. The van der Waals surface area contributed by atoms with Gasteiger partial charge in [-0.2, -0.15) is 0 Å². The van der Waals surface area contributed by atoms with Gasteiger partial charge in [-0.1, -0.05) is 50.8 Å². The molecule has 0 spiro atoms. The molecule has 1 aromatic rings. The molecule has 0 aliphatic rings. The van der Waals surface area contributed by atoms with Crippen LogP contribution in [0.1, 0.15) is 39.5 Å². The zero-order valence-electron chi connectivity index (χ0n) is 12.0. The molecule has 0 fully saturated rings. The lowest BCUT2D eigenvalue weighted by Gasteiger charge is -2.16. The molecule has 3 N–H and O–H groups in total. The molecule has 1 aromatic carbocycles. The molecule has 0 radical (unpaired) electrons. The number of nitrogens with two attached hydrogens (primary N) is 1. The maximum absolute atomic E-state index is 12.3. The SMILES string of the molecule is CCCCC(CC)CNS(=O)(=O)c1c(N)cccc1Cl. The van der Waals surface area contributed by atoms with Gasteiger partial charge in [-0.3, -0.25) is 0 Å². The van der Waals surface area contributed by atoms with Crippen molar-refractivity contribution in [1.29, 1.82) is 0 Å². The van der Waals surface area contributed by atoms with E-state index in [1.165, 1.54) is 12.1 Å². The van der Waals surface area contributed by atoms with E-state index in [1.807, 2.05) is 0 Å². The summed E-state index contributed by atoms with van der Waals surface area (Å²) < 4.78 is 27.2. The molecule has 1 unspecified atom stereocenters. The van der Waals surface area contributed by atoms with E-state index in [0.717, 1.165) is 25.7 Å². The van der Waals surface area contributed by atoms with Gasteiger partial charge in [0.25, 0.3) is 0 Å². The van der Waals surface area contributed by atoms with Gasteiger partial charge in [0, 0.05) is 6.54 Å². The Morgan fingerprint density at radius 2 is 2.05 bits per heavy atom. The van der Waals surface area contributed by atoms with E-state index in [-0.39, 0.29) is 15.6 Å². The van der Waals surface area contributed by atoms with E-state index in [1.54, 1.807) is 6.07 Å². The van der Waals surface area contributed by atoms with Gasteiger partial charge in [0.1, 0.15) is 4.90 Å². The summed E-state index contributed by atoms with van der Waals surface area (Å²) in [7, 11) is -3.66. The fourth-order valence-corrected chi connectivity index (χ4v) is 3.84. The molecule has 0 bridgehead atoms. The van der Waals surface area contributed by atoms with Gasteiger partial charge in [0.2, 0.25) is 10.0 Å². The Bertz CT molecular complexity index is 512. The third kappa shape index (κ3) is 4.65. The van der Waals surface area contributed by atoms with Crippen molar-refractivity contribution < 1.29 is 8.42 Å². The van der Waals surface area contributed by atoms with Crippen molar-refractivity contribution in [2.75, 3.05) is 12.3 Å². The highest BCUT2D eigenvalue weighted by Gasteiger charge is 2.21. The minimum Gasteiger partial charge on any atom is -0.398 e. The van der Waals surface area contributed by atoms with E-state index in [4.69, 9.17) is 17.3 Å². The van der Waals surface area contributed by atoms with Crippen LogP contribution in [-0.4, -0.2) is 15.0 Å². The van der Waals surface area contributed by atoms with Crippen LogP contribution in [0.4, 0.5) is 5.69 Å². The van der Waals surface area contributed by atoms with E-state index in [0.29, 0.717) is 12.5 Å². The number of nitrogen functional groups attached to an aromatic ring is 1. The molecule has 0 amide bonds. The minimum absolute atomic E-state index is 0.0213. The van der Waals surface area contributed by atoms with Crippen LogP contribution in [0.3, 0.4) is 0 Å². The highest BCUT2D eigenvalue weighted by molar-refractivity contribution is 7.89. The molecule has 0 heterocycles. The Kier molecular flexibility index (Phi) is 6.79. The van der Waals surface area contributed by atoms with E-state index in [9.17, 15) is 8.42 Å². The lowest BCUT2D eigenvalue weighted by Crippen LogP contribution is -2.30. The second-order valence-corrected chi connectivity index (χ2v) is 7.04. The Labute approximate surface area is 126 Å². The van der Waals surface area contributed by atoms with Crippen LogP contribution >= 0.6 is 11.6 Å². The van der Waals surface area contributed by atoms with Crippen molar-refractivity contribution in [1.82, 2.24) is 4.72 Å². The average Bonchev–Trinajstić information content (AvgIpc) is 2.38. The highest BCUT2D eigenvalue weighted by Crippen LogP contribution is 2.27. The average molecular weight is 319 g/mol. The molecule has 114 valence electrons. The van der Waals surface area contributed by atoms with E-state index in [2.05, 4.69) is 18.6 Å². The molecule has 0 aliphatic carbocycles. The summed E-state index contributed by atoms with van der Waals surface area (Å²) in [5.74, 6) is 0.341. The summed E-state index contributed by atoms with van der Waals surface area (Å²) in [4.78, 5) is -0.0213. The summed E-state index contributed by atoms with van der Waals surface area (Å²) in [6.07, 6.45) is 4.18. The first kappa shape index (κ1) is 17.3. The van der Waals surface area contributed by atoms with Gasteiger partial charge in [0.15, 0.2) is 0 Å². The van der Waals surface area contributed by atoms with Gasteiger partial charge in [0.05, 0.1) is 10.7 Å². The molecule has 0 saturated carbocycles. The zero-order chi connectivity index (χ0) is 15.2. The number of rotatable bonds is 8. The number of benzene rings is 1. The Hall–Kier alpha value is -0.780. The number of unbranched alkanes of at least 4 members (excludes halogenated alkanes) is 1. The molecule has 0 aromatic heterocycles. The first-order valence-electron chi connectivity index (χ1n) is 6.96. The quantitative estimate of drug-likeness (QED) is 0.721. The first-order valence-corrected chi connectivity index (χ1v) is 8.82. The summed E-state index contributed by atoms with van der Waals surface area (Å²) in [5, 5.41) is 0.152. The normalized spacial score (nSPS) is 13.3. The van der Waals surface area contributed by atoms with E-state index >= 15 is 0 Å². The lowest BCUT2D eigenvalue weighted by molar-refractivity contribution is 0.444. The molecular formula is C14H23ClN2O2S. The van der Waals surface area contributed by atoms with Crippen LogP contribution in [0, 0.1) is 5.92 Å². The molecule has 20 heavy (non-hydrogen) atoms. The monoisotopic (exact) mass is 318 g/mol. The second-order valence-electron chi connectivity index (χ2n) is 4.93. The molecule has 0 saturated heterocycles. The molecule has 1 atom stereocenters. The Morgan fingerprint density at radius 3 is 2.60 bits per heavy atom. The Morgan fingerprint density at radius 1 is 1.35 bits per heavy atom. The van der Waals surface area contributed by atoms with Crippen molar-refractivity contribution in [3.63, 3.8) is 0 Å². The van der Waals surface area contributed by atoms with Gasteiger partial charge in [-0.15, -0.1) is 0 Å². The number of nitrogens with one attached hydrogen (secondary N) is 1. The fourth-order valence-electron chi connectivity index (χ4n) is 2.05. The van der Waals surface area contributed by atoms with Gasteiger partial charge in [-0.25, -0.2) is 13.1 Å². The zero-order valence-corrected chi connectivity index (χ0v) is 13.6. The number of hydrogen-bond donors (Lipinski definition) is 2. The van der Waals surface area contributed by atoms with Crippen LogP contribution in [-0.2, 0) is 10.0 Å². The molecular weight excluding hydrogens is 296 g/mol. The first-order chi connectivity index (χ1) is 9.42. The van der Waals surface area contributed by atoms with Crippen molar-refractivity contribution in [2.24, 2.45) is 5.92 Å². The number of sulfonamides is 1. The molecule has 0 aliphatic heterocycles. The van der Waals surface area contributed by atoms with Gasteiger partial charge < -0.3 is 5.73 Å². The van der Waals surface area contributed by atoms with Crippen molar-refractivity contribution in [3.05, 3.63) is 23.2 Å². The Balaban J connectivity index is 2.80. The fraction of sp³-hybridized carbons (Fsp3) is 0.571. The van der Waals surface area contributed by atoms with Crippen LogP contribution in [0.2, 0.25) is 5.02 Å². The third-order valence-electron chi connectivity index (χ3n) is 3.37. The van der Waals surface area contributed by atoms with Crippen LogP contribution in [0.5, 0.6) is 0 Å². The van der Waals surface area contributed by atoms with Gasteiger partial charge in [-0.05, 0) is 24.5 Å². The molecule has 1 rings (SSSR count). The summed E-state index contributed by atoms with van der Waals surface area (Å²) in [5.41, 5.74) is 5.90. The van der Waals surface area contributed by atoms with E-state index < -0.39 is 10.0 Å². The number of hydrogen-bond acceptors (Lipinski definition) is 3. The molecule has 6 heteroatoms. The number of anilines is 1. The topological polar surface area (TPSA) is 72.2 Å². The summed E-state index contributed by atoms with van der Waals surface area (Å²) in [6.45, 7) is 4.61. The number of halogens is 1. The predicted molar refractivity (Wildman–Crippen MR) is 84.4 cm³/mol. The van der Waals surface area contributed by atoms with Crippen molar-refractivity contribution >= 4 is 27.3 Å². The van der Waals surface area contributed by atoms with Crippen LogP contribution in [0.15, 0.2) is 23.1 Å². The maximum Gasteiger partial charge on any atom is 0.244 e. The smallest absolute Gasteiger partial charge is 0.244 e. The lowest BCUT2D eigenvalue weighted by atomic mass is 10.00. The molecule has 4 nitrogen and oxygen atoms in total. The minimum atomic E-state index is -3.66. The van der Waals surface area contributed by atoms with Crippen molar-refractivity contribution in [2.45, 2.75) is 44.4 Å². The predicted octanol–water partition coefficient (Wildman–Crippen LogP) is 3.42. The van der Waals surface area contributed by atoms with Gasteiger partial charge >= 0.3 is 0 Å². The van der Waals surface area contributed by atoms with Crippen LogP contribution in [0.25, 0.3) is 0 Å². The summed E-state index contributed by atoms with van der Waals surface area (Å²) in [6, 6.07) is 4.70.